The second-order valence-electron chi connectivity index (χ2n) is 5.54. The minimum Gasteiger partial charge on any atom is -0.494 e. The Labute approximate surface area is 146 Å². The maximum Gasteiger partial charge on any atom is 0.207 e. The molecule has 0 bridgehead atoms. The van der Waals surface area contributed by atoms with E-state index in [1.165, 1.54) is 4.80 Å². The van der Waals surface area contributed by atoms with Gasteiger partial charge in [0.2, 0.25) is 5.69 Å². The van der Waals surface area contributed by atoms with Gasteiger partial charge in [0.05, 0.1) is 12.3 Å². The Bertz CT molecular complexity index is 865. The zero-order chi connectivity index (χ0) is 17.6. The van der Waals surface area contributed by atoms with Crippen LogP contribution >= 0.6 is 0 Å². The highest BCUT2D eigenvalue weighted by Gasteiger charge is 2.16. The molecule has 0 saturated heterocycles. The SMILES string of the molecule is CCOc1ccc(-n2nc(C#N)c(N(C)Cc3ccccc3)n2)cc1. The standard InChI is InChI=1S/C19H19N5O/c1-3-25-17-11-9-16(10-12-17)24-21-18(13-20)19(22-24)23(2)14-15-7-5-4-6-8-15/h4-12H,3,14H2,1-2H3. The van der Waals surface area contributed by atoms with Gasteiger partial charge in [-0.15, -0.1) is 15.0 Å². The van der Waals surface area contributed by atoms with E-state index in [1.807, 2.05) is 73.5 Å². The molecule has 3 aromatic rings. The van der Waals surface area contributed by atoms with Crippen molar-refractivity contribution in [3.05, 3.63) is 65.9 Å². The monoisotopic (exact) mass is 333 g/mol. The number of benzene rings is 2. The van der Waals surface area contributed by atoms with E-state index in [4.69, 9.17) is 4.74 Å². The smallest absolute Gasteiger partial charge is 0.207 e. The van der Waals surface area contributed by atoms with Crippen LogP contribution in [0.1, 0.15) is 18.2 Å². The van der Waals surface area contributed by atoms with Gasteiger partial charge in [-0.1, -0.05) is 30.3 Å². The minimum atomic E-state index is 0.298. The lowest BCUT2D eigenvalue weighted by Gasteiger charge is -2.15. The van der Waals surface area contributed by atoms with Gasteiger partial charge < -0.3 is 9.64 Å². The largest absolute Gasteiger partial charge is 0.494 e. The number of rotatable bonds is 6. The molecule has 0 saturated carbocycles. The van der Waals surface area contributed by atoms with Crippen molar-refractivity contribution in [1.82, 2.24) is 15.0 Å². The first kappa shape index (κ1) is 16.5. The summed E-state index contributed by atoms with van der Waals surface area (Å²) < 4.78 is 5.44. The Morgan fingerprint density at radius 3 is 2.44 bits per heavy atom. The molecule has 6 heteroatoms. The van der Waals surface area contributed by atoms with E-state index in [-0.39, 0.29) is 0 Å². The van der Waals surface area contributed by atoms with Crippen LogP contribution in [-0.2, 0) is 6.54 Å². The summed E-state index contributed by atoms with van der Waals surface area (Å²) >= 11 is 0. The van der Waals surface area contributed by atoms with Gasteiger partial charge in [0.15, 0.2) is 5.82 Å². The Kier molecular flexibility index (Phi) is 4.95. The second-order valence-corrected chi connectivity index (χ2v) is 5.54. The highest BCUT2D eigenvalue weighted by Crippen LogP contribution is 2.20. The Hall–Kier alpha value is -3.33. The van der Waals surface area contributed by atoms with Crippen molar-refractivity contribution in [1.29, 1.82) is 5.26 Å². The van der Waals surface area contributed by atoms with Gasteiger partial charge in [0, 0.05) is 13.6 Å². The molecule has 0 unspecified atom stereocenters. The van der Waals surface area contributed by atoms with Gasteiger partial charge in [-0.25, -0.2) is 0 Å². The van der Waals surface area contributed by atoms with Gasteiger partial charge in [-0.2, -0.15) is 5.26 Å². The summed E-state index contributed by atoms with van der Waals surface area (Å²) in [5.74, 6) is 1.35. The molecule has 0 aliphatic rings. The molecule has 2 aromatic carbocycles. The summed E-state index contributed by atoms with van der Waals surface area (Å²) in [6.07, 6.45) is 0. The summed E-state index contributed by atoms with van der Waals surface area (Å²) in [5.41, 5.74) is 2.22. The highest BCUT2D eigenvalue weighted by molar-refractivity contribution is 5.50. The van der Waals surface area contributed by atoms with E-state index in [0.717, 1.165) is 17.0 Å². The molecule has 0 N–H and O–H groups in total. The molecule has 0 aliphatic heterocycles. The molecule has 25 heavy (non-hydrogen) atoms. The third kappa shape index (κ3) is 3.78. The first-order valence-corrected chi connectivity index (χ1v) is 8.07. The number of hydrogen-bond donors (Lipinski definition) is 0. The van der Waals surface area contributed by atoms with Crippen LogP contribution in [0.2, 0.25) is 0 Å². The minimum absolute atomic E-state index is 0.298. The summed E-state index contributed by atoms with van der Waals surface area (Å²) in [4.78, 5) is 3.40. The first-order chi connectivity index (χ1) is 12.2. The molecular formula is C19H19N5O. The number of aromatic nitrogens is 3. The van der Waals surface area contributed by atoms with Crippen LogP contribution in [0.15, 0.2) is 54.6 Å². The van der Waals surface area contributed by atoms with Gasteiger partial charge >= 0.3 is 0 Å². The lowest BCUT2D eigenvalue weighted by atomic mass is 10.2. The molecule has 1 heterocycles. The van der Waals surface area contributed by atoms with Crippen LogP contribution in [0.5, 0.6) is 5.75 Å². The topological polar surface area (TPSA) is 67.0 Å². The van der Waals surface area contributed by atoms with Gasteiger partial charge in [0.1, 0.15) is 11.8 Å². The van der Waals surface area contributed by atoms with Crippen molar-refractivity contribution in [2.75, 3.05) is 18.6 Å². The van der Waals surface area contributed by atoms with Crippen LogP contribution in [0.25, 0.3) is 5.69 Å². The highest BCUT2D eigenvalue weighted by atomic mass is 16.5. The summed E-state index contributed by atoms with van der Waals surface area (Å²) in [6, 6.07) is 19.6. The van der Waals surface area contributed by atoms with Crippen molar-refractivity contribution in [2.24, 2.45) is 0 Å². The zero-order valence-electron chi connectivity index (χ0n) is 14.3. The van der Waals surface area contributed by atoms with E-state index in [2.05, 4.69) is 16.3 Å². The maximum atomic E-state index is 9.40. The number of nitrogens with zero attached hydrogens (tertiary/aromatic N) is 5. The van der Waals surface area contributed by atoms with Crippen LogP contribution < -0.4 is 9.64 Å². The average molecular weight is 333 g/mol. The van der Waals surface area contributed by atoms with Gasteiger partial charge in [-0.3, -0.25) is 0 Å². The second kappa shape index (κ2) is 7.49. The normalized spacial score (nSPS) is 10.3. The van der Waals surface area contributed by atoms with Crippen molar-refractivity contribution < 1.29 is 4.74 Å². The predicted octanol–water partition coefficient (Wildman–Crippen LogP) is 3.17. The molecule has 6 nitrogen and oxygen atoms in total. The molecule has 1 aromatic heterocycles. The lowest BCUT2D eigenvalue weighted by molar-refractivity contribution is 0.340. The zero-order valence-corrected chi connectivity index (χ0v) is 14.3. The van der Waals surface area contributed by atoms with E-state index in [1.54, 1.807) is 0 Å². The number of anilines is 1. The van der Waals surface area contributed by atoms with Gasteiger partial charge in [0.25, 0.3) is 0 Å². The van der Waals surface area contributed by atoms with E-state index >= 15 is 0 Å². The predicted molar refractivity (Wildman–Crippen MR) is 95.8 cm³/mol. The molecule has 126 valence electrons. The Balaban J connectivity index is 1.85. The molecule has 0 amide bonds. The summed E-state index contributed by atoms with van der Waals surface area (Å²) in [7, 11) is 1.90. The Morgan fingerprint density at radius 2 is 1.80 bits per heavy atom. The molecule has 0 aliphatic carbocycles. The summed E-state index contributed by atoms with van der Waals surface area (Å²) in [5, 5.41) is 18.2. The third-order valence-electron chi connectivity index (χ3n) is 3.70. The average Bonchev–Trinajstić information content (AvgIpc) is 3.08. The summed E-state index contributed by atoms with van der Waals surface area (Å²) in [6.45, 7) is 3.21. The first-order valence-electron chi connectivity index (χ1n) is 8.07. The Morgan fingerprint density at radius 1 is 1.08 bits per heavy atom. The van der Waals surface area contributed by atoms with E-state index in [0.29, 0.717) is 24.7 Å². The van der Waals surface area contributed by atoms with Crippen LogP contribution in [-0.4, -0.2) is 28.6 Å². The number of nitriles is 1. The lowest BCUT2D eigenvalue weighted by Crippen LogP contribution is -2.18. The molecule has 0 atom stereocenters. The van der Waals surface area contributed by atoms with Crippen molar-refractivity contribution in [3.8, 4) is 17.5 Å². The number of hydrogen-bond acceptors (Lipinski definition) is 5. The molecule has 0 radical (unpaired) electrons. The quantitative estimate of drug-likeness (QED) is 0.693. The van der Waals surface area contributed by atoms with Crippen molar-refractivity contribution in [2.45, 2.75) is 13.5 Å². The molecular weight excluding hydrogens is 314 g/mol. The van der Waals surface area contributed by atoms with Crippen LogP contribution in [0, 0.1) is 11.3 Å². The number of ether oxygens (including phenoxy) is 1. The molecule has 3 rings (SSSR count). The van der Waals surface area contributed by atoms with Crippen LogP contribution in [0.4, 0.5) is 5.82 Å². The third-order valence-corrected chi connectivity index (χ3v) is 3.70. The molecule has 0 spiro atoms. The maximum absolute atomic E-state index is 9.40. The fraction of sp³-hybridized carbons (Fsp3) is 0.211. The van der Waals surface area contributed by atoms with Crippen LogP contribution in [0.3, 0.4) is 0 Å². The van der Waals surface area contributed by atoms with Crippen molar-refractivity contribution in [3.63, 3.8) is 0 Å². The fourth-order valence-electron chi connectivity index (χ4n) is 2.52. The van der Waals surface area contributed by atoms with E-state index < -0.39 is 0 Å². The molecule has 0 fully saturated rings. The van der Waals surface area contributed by atoms with E-state index in [9.17, 15) is 5.26 Å². The fourth-order valence-corrected chi connectivity index (χ4v) is 2.52. The van der Waals surface area contributed by atoms with Crippen molar-refractivity contribution >= 4 is 5.82 Å². The van der Waals surface area contributed by atoms with Gasteiger partial charge in [-0.05, 0) is 36.8 Å².